The molecule has 1 aliphatic rings. The van der Waals surface area contributed by atoms with Crippen molar-refractivity contribution >= 4 is 17.8 Å². The summed E-state index contributed by atoms with van der Waals surface area (Å²) in [5.41, 5.74) is 0. The van der Waals surface area contributed by atoms with Crippen LogP contribution in [-0.2, 0) is 28.6 Å². The number of carbonyl (C=O) groups excluding carboxylic acids is 2. The lowest BCUT2D eigenvalue weighted by molar-refractivity contribution is -0.255. The number of rotatable bonds is 6. The van der Waals surface area contributed by atoms with Crippen LogP contribution in [0.3, 0.4) is 0 Å². The molecule has 0 aromatic heterocycles. The number of esters is 1. The molecule has 1 aliphatic heterocycles. The Labute approximate surface area is 129 Å². The Kier molecular flexibility index (Phi) is 6.76. The molecule has 0 bridgehead atoms. The van der Waals surface area contributed by atoms with Crippen molar-refractivity contribution in [2.75, 3.05) is 6.61 Å². The molecule has 126 valence electrons. The molecule has 1 fully saturated rings. The second-order valence-electron chi connectivity index (χ2n) is 5.32. The van der Waals surface area contributed by atoms with Gasteiger partial charge in [0.15, 0.2) is 6.29 Å². The van der Waals surface area contributed by atoms with Crippen molar-refractivity contribution in [2.45, 2.75) is 58.7 Å². The van der Waals surface area contributed by atoms with Crippen LogP contribution in [0, 0.1) is 5.92 Å². The normalized spacial score (nSPS) is 31.4. The van der Waals surface area contributed by atoms with E-state index in [0.29, 0.717) is 6.42 Å². The summed E-state index contributed by atoms with van der Waals surface area (Å²) in [4.78, 5) is 33.3. The average Bonchev–Trinajstić information content (AvgIpc) is 2.41. The molecular formula is C14H23NO7. The number of carboxylic acids is 1. The number of carboxylic acid groups (broad SMARTS) is 1. The van der Waals surface area contributed by atoms with Gasteiger partial charge in [0.1, 0.15) is 12.7 Å². The van der Waals surface area contributed by atoms with Gasteiger partial charge in [-0.25, -0.2) is 4.79 Å². The molecule has 0 spiro atoms. The van der Waals surface area contributed by atoms with Gasteiger partial charge in [0.25, 0.3) is 0 Å². The zero-order chi connectivity index (χ0) is 16.9. The van der Waals surface area contributed by atoms with Crippen LogP contribution in [-0.4, -0.2) is 54.1 Å². The lowest BCUT2D eigenvalue weighted by atomic mass is 9.87. The third-order valence-corrected chi connectivity index (χ3v) is 3.50. The Morgan fingerprint density at radius 1 is 1.27 bits per heavy atom. The molecule has 8 nitrogen and oxygen atoms in total. The van der Waals surface area contributed by atoms with Crippen molar-refractivity contribution in [3.8, 4) is 0 Å². The summed E-state index contributed by atoms with van der Waals surface area (Å²) in [7, 11) is 0. The number of hydrogen-bond donors (Lipinski definition) is 2. The van der Waals surface area contributed by atoms with E-state index in [-0.39, 0.29) is 11.8 Å². The largest absolute Gasteiger partial charge is 0.480 e. The topological polar surface area (TPSA) is 111 Å². The molecule has 8 heteroatoms. The van der Waals surface area contributed by atoms with Crippen LogP contribution in [0.15, 0.2) is 0 Å². The highest BCUT2D eigenvalue weighted by molar-refractivity contribution is 5.73. The Morgan fingerprint density at radius 3 is 2.36 bits per heavy atom. The van der Waals surface area contributed by atoms with Gasteiger partial charge in [-0.3, -0.25) is 9.59 Å². The average molecular weight is 317 g/mol. The molecular weight excluding hydrogens is 294 g/mol. The lowest BCUT2D eigenvalue weighted by Crippen LogP contribution is -2.61. The number of carbonyl (C=O) groups is 3. The lowest BCUT2D eigenvalue weighted by Gasteiger charge is -2.44. The van der Waals surface area contributed by atoms with Gasteiger partial charge < -0.3 is 24.6 Å². The van der Waals surface area contributed by atoms with E-state index >= 15 is 0 Å². The van der Waals surface area contributed by atoms with Gasteiger partial charge in [-0.15, -0.1) is 0 Å². The minimum atomic E-state index is -1.13. The fourth-order valence-corrected chi connectivity index (χ4v) is 2.56. The molecule has 1 rings (SSSR count). The third kappa shape index (κ3) is 4.96. The highest BCUT2D eigenvalue weighted by Gasteiger charge is 2.45. The third-order valence-electron chi connectivity index (χ3n) is 3.50. The number of hydrogen-bond acceptors (Lipinski definition) is 6. The number of nitrogens with one attached hydrogen (secondary N) is 1. The van der Waals surface area contributed by atoms with E-state index in [4.69, 9.17) is 19.3 Å². The molecule has 5 unspecified atom stereocenters. The van der Waals surface area contributed by atoms with E-state index < -0.39 is 43.1 Å². The summed E-state index contributed by atoms with van der Waals surface area (Å²) in [6.07, 6.45) is -1.32. The molecule has 0 aromatic carbocycles. The van der Waals surface area contributed by atoms with E-state index in [9.17, 15) is 14.4 Å². The molecule has 5 atom stereocenters. The summed E-state index contributed by atoms with van der Waals surface area (Å²) in [6.45, 7) is 5.77. The Balaban J connectivity index is 2.94. The number of aliphatic carboxylic acids is 1. The molecule has 1 saturated heterocycles. The minimum absolute atomic E-state index is 0.287. The fourth-order valence-electron chi connectivity index (χ4n) is 2.56. The van der Waals surface area contributed by atoms with Crippen molar-refractivity contribution in [3.63, 3.8) is 0 Å². The first-order chi connectivity index (χ1) is 10.3. The zero-order valence-corrected chi connectivity index (χ0v) is 13.2. The standard InChI is InChI=1S/C14H23NO7/c1-5-10-13(21-9(4)17)7(2)12(15-8(3)16)14(22-10)20-6-11(18)19/h7,10,12-14H,5-6H2,1-4H3,(H,15,16)(H,18,19). The molecule has 0 saturated carbocycles. The molecule has 1 amide bonds. The maximum atomic E-state index is 11.4. The maximum absolute atomic E-state index is 11.4. The van der Waals surface area contributed by atoms with Gasteiger partial charge in [0, 0.05) is 19.8 Å². The Bertz CT molecular complexity index is 423. The van der Waals surface area contributed by atoms with Crippen LogP contribution >= 0.6 is 0 Å². The molecule has 0 aromatic rings. The molecule has 0 radical (unpaired) electrons. The summed E-state index contributed by atoms with van der Waals surface area (Å²) in [6, 6.07) is -0.607. The van der Waals surface area contributed by atoms with Gasteiger partial charge in [0.05, 0.1) is 12.1 Å². The Morgan fingerprint density at radius 2 is 1.91 bits per heavy atom. The highest BCUT2D eigenvalue weighted by Crippen LogP contribution is 2.30. The maximum Gasteiger partial charge on any atom is 0.329 e. The fraction of sp³-hybridized carbons (Fsp3) is 0.786. The van der Waals surface area contributed by atoms with E-state index in [1.165, 1.54) is 13.8 Å². The van der Waals surface area contributed by atoms with Crippen LogP contribution in [0.5, 0.6) is 0 Å². The van der Waals surface area contributed by atoms with Gasteiger partial charge in [-0.05, 0) is 6.42 Å². The SMILES string of the molecule is CCC1OC(OCC(=O)O)C(NC(C)=O)C(C)C1OC(C)=O. The summed E-state index contributed by atoms with van der Waals surface area (Å²) in [5.74, 6) is -2.16. The van der Waals surface area contributed by atoms with E-state index in [2.05, 4.69) is 5.32 Å². The first-order valence-electron chi connectivity index (χ1n) is 7.19. The summed E-state index contributed by atoms with van der Waals surface area (Å²) < 4.78 is 16.2. The summed E-state index contributed by atoms with van der Waals surface area (Å²) >= 11 is 0. The van der Waals surface area contributed by atoms with Crippen molar-refractivity contribution in [3.05, 3.63) is 0 Å². The highest BCUT2D eigenvalue weighted by atomic mass is 16.7. The predicted molar refractivity (Wildman–Crippen MR) is 74.9 cm³/mol. The predicted octanol–water partition coefficient (Wildman–Crippen LogP) is 0.295. The van der Waals surface area contributed by atoms with E-state index in [1.54, 1.807) is 6.92 Å². The Hall–Kier alpha value is -1.67. The number of ether oxygens (including phenoxy) is 3. The minimum Gasteiger partial charge on any atom is -0.480 e. The molecule has 22 heavy (non-hydrogen) atoms. The number of amides is 1. The van der Waals surface area contributed by atoms with E-state index in [1.807, 2.05) is 6.92 Å². The first kappa shape index (κ1) is 18.4. The molecule has 1 heterocycles. The van der Waals surface area contributed by atoms with Crippen LogP contribution < -0.4 is 5.32 Å². The smallest absolute Gasteiger partial charge is 0.329 e. The summed E-state index contributed by atoms with van der Waals surface area (Å²) in [5, 5.41) is 11.4. The molecule has 2 N–H and O–H groups in total. The van der Waals surface area contributed by atoms with Crippen LogP contribution in [0.25, 0.3) is 0 Å². The first-order valence-corrected chi connectivity index (χ1v) is 7.19. The molecule has 0 aliphatic carbocycles. The van der Waals surface area contributed by atoms with Crippen molar-refractivity contribution in [1.29, 1.82) is 0 Å². The monoisotopic (exact) mass is 317 g/mol. The van der Waals surface area contributed by atoms with Crippen molar-refractivity contribution in [1.82, 2.24) is 5.32 Å². The van der Waals surface area contributed by atoms with E-state index in [0.717, 1.165) is 0 Å². The van der Waals surface area contributed by atoms with Crippen LogP contribution in [0.4, 0.5) is 0 Å². The van der Waals surface area contributed by atoms with Crippen molar-refractivity contribution < 1.29 is 33.7 Å². The van der Waals surface area contributed by atoms with Gasteiger partial charge in [0.2, 0.25) is 5.91 Å². The van der Waals surface area contributed by atoms with Crippen molar-refractivity contribution in [2.24, 2.45) is 5.92 Å². The quantitative estimate of drug-likeness (QED) is 0.677. The second kappa shape index (κ2) is 8.09. The van der Waals surface area contributed by atoms with Gasteiger partial charge in [-0.2, -0.15) is 0 Å². The van der Waals surface area contributed by atoms with Gasteiger partial charge in [-0.1, -0.05) is 13.8 Å². The zero-order valence-electron chi connectivity index (χ0n) is 13.2. The van der Waals surface area contributed by atoms with Gasteiger partial charge >= 0.3 is 11.9 Å². The van der Waals surface area contributed by atoms with Crippen LogP contribution in [0.1, 0.15) is 34.1 Å². The van der Waals surface area contributed by atoms with Crippen LogP contribution in [0.2, 0.25) is 0 Å². The second-order valence-corrected chi connectivity index (χ2v) is 5.32.